The molecule has 0 aliphatic carbocycles. The summed E-state index contributed by atoms with van der Waals surface area (Å²) in [5, 5.41) is 0. The summed E-state index contributed by atoms with van der Waals surface area (Å²) >= 11 is 0. The van der Waals surface area contributed by atoms with Gasteiger partial charge in [-0.15, -0.1) is 0 Å². The van der Waals surface area contributed by atoms with Gasteiger partial charge in [-0.25, -0.2) is 0 Å². The van der Waals surface area contributed by atoms with E-state index in [1.807, 2.05) is 6.92 Å². The van der Waals surface area contributed by atoms with Crippen molar-refractivity contribution in [2.75, 3.05) is 6.61 Å². The molecule has 96 valence electrons. The third-order valence-electron chi connectivity index (χ3n) is 2.98. The van der Waals surface area contributed by atoms with Gasteiger partial charge in [0, 0.05) is 6.04 Å². The van der Waals surface area contributed by atoms with E-state index in [1.165, 1.54) is 11.1 Å². The van der Waals surface area contributed by atoms with Crippen molar-refractivity contribution in [3.05, 3.63) is 29.3 Å². The molecule has 0 bridgehead atoms. The molecule has 0 aromatic heterocycles. The first kappa shape index (κ1) is 14.0. The Labute approximate surface area is 105 Å². The molecule has 17 heavy (non-hydrogen) atoms. The molecule has 0 saturated heterocycles. The standard InChI is InChI=1S/C15H25NO/c1-6-13(16)11-8-9-14(17-7-2)12(10-11)15(3,4)5/h8-10,13H,6-7,16H2,1-5H3. The van der Waals surface area contributed by atoms with Gasteiger partial charge in [0.2, 0.25) is 0 Å². The van der Waals surface area contributed by atoms with Gasteiger partial charge < -0.3 is 10.5 Å². The summed E-state index contributed by atoms with van der Waals surface area (Å²) in [5.74, 6) is 0.979. The van der Waals surface area contributed by atoms with Crippen LogP contribution in [0.5, 0.6) is 5.75 Å². The molecule has 0 aliphatic heterocycles. The molecule has 0 spiro atoms. The third kappa shape index (κ3) is 3.47. The van der Waals surface area contributed by atoms with Gasteiger partial charge in [-0.2, -0.15) is 0 Å². The van der Waals surface area contributed by atoms with E-state index in [2.05, 4.69) is 45.9 Å². The molecule has 0 aliphatic rings. The Morgan fingerprint density at radius 1 is 1.24 bits per heavy atom. The maximum atomic E-state index is 6.09. The van der Waals surface area contributed by atoms with E-state index in [-0.39, 0.29) is 11.5 Å². The quantitative estimate of drug-likeness (QED) is 0.861. The molecule has 1 unspecified atom stereocenters. The number of benzene rings is 1. The Hall–Kier alpha value is -1.02. The minimum absolute atomic E-state index is 0.0774. The number of hydrogen-bond acceptors (Lipinski definition) is 2. The molecule has 2 N–H and O–H groups in total. The SMILES string of the molecule is CCOc1ccc(C(N)CC)cc1C(C)(C)C. The van der Waals surface area contributed by atoms with Crippen molar-refractivity contribution >= 4 is 0 Å². The summed E-state index contributed by atoms with van der Waals surface area (Å²) < 4.78 is 5.69. The average Bonchev–Trinajstić information content (AvgIpc) is 2.27. The van der Waals surface area contributed by atoms with Gasteiger partial charge in [0.25, 0.3) is 0 Å². The van der Waals surface area contributed by atoms with Crippen LogP contribution in [-0.4, -0.2) is 6.61 Å². The lowest BCUT2D eigenvalue weighted by atomic mass is 9.84. The number of rotatable bonds is 4. The van der Waals surface area contributed by atoms with Crippen molar-refractivity contribution in [1.29, 1.82) is 0 Å². The summed E-state index contributed by atoms with van der Waals surface area (Å²) in [6.45, 7) is 11.4. The Morgan fingerprint density at radius 3 is 2.35 bits per heavy atom. The van der Waals surface area contributed by atoms with Crippen LogP contribution in [0.4, 0.5) is 0 Å². The highest BCUT2D eigenvalue weighted by Crippen LogP contribution is 2.33. The van der Waals surface area contributed by atoms with Gasteiger partial charge in [-0.3, -0.25) is 0 Å². The predicted octanol–water partition coefficient (Wildman–Crippen LogP) is 3.79. The van der Waals surface area contributed by atoms with E-state index in [0.29, 0.717) is 6.61 Å². The molecule has 0 amide bonds. The molecular weight excluding hydrogens is 210 g/mol. The molecule has 1 atom stereocenters. The number of nitrogens with two attached hydrogens (primary N) is 1. The van der Waals surface area contributed by atoms with Gasteiger partial charge in [-0.05, 0) is 36.0 Å². The van der Waals surface area contributed by atoms with Gasteiger partial charge in [-0.1, -0.05) is 39.8 Å². The van der Waals surface area contributed by atoms with E-state index in [0.717, 1.165) is 12.2 Å². The van der Waals surface area contributed by atoms with Crippen LogP contribution in [0.15, 0.2) is 18.2 Å². The van der Waals surface area contributed by atoms with Crippen LogP contribution in [-0.2, 0) is 5.41 Å². The minimum atomic E-state index is 0.0774. The van der Waals surface area contributed by atoms with Crippen molar-refractivity contribution in [3.8, 4) is 5.75 Å². The molecule has 1 aromatic rings. The van der Waals surface area contributed by atoms with E-state index in [1.54, 1.807) is 0 Å². The van der Waals surface area contributed by atoms with Gasteiger partial charge in [0.15, 0.2) is 0 Å². The highest BCUT2D eigenvalue weighted by Gasteiger charge is 2.20. The lowest BCUT2D eigenvalue weighted by molar-refractivity contribution is 0.329. The maximum absolute atomic E-state index is 6.09. The van der Waals surface area contributed by atoms with Gasteiger partial charge in [0.05, 0.1) is 6.61 Å². The van der Waals surface area contributed by atoms with Crippen LogP contribution in [0, 0.1) is 0 Å². The summed E-state index contributed by atoms with van der Waals surface area (Å²) in [7, 11) is 0. The van der Waals surface area contributed by atoms with Crippen molar-refractivity contribution < 1.29 is 4.74 Å². The minimum Gasteiger partial charge on any atom is -0.494 e. The fraction of sp³-hybridized carbons (Fsp3) is 0.600. The Bertz CT molecular complexity index is 366. The van der Waals surface area contributed by atoms with E-state index in [4.69, 9.17) is 10.5 Å². The second kappa shape index (κ2) is 5.54. The van der Waals surface area contributed by atoms with Gasteiger partial charge >= 0.3 is 0 Å². The van der Waals surface area contributed by atoms with Crippen LogP contribution >= 0.6 is 0 Å². The zero-order chi connectivity index (χ0) is 13.1. The molecule has 0 radical (unpaired) electrons. The topological polar surface area (TPSA) is 35.2 Å². The Balaban J connectivity index is 3.19. The highest BCUT2D eigenvalue weighted by molar-refractivity contribution is 5.42. The molecule has 0 heterocycles. The molecule has 0 fully saturated rings. The number of hydrogen-bond donors (Lipinski definition) is 1. The first-order valence-corrected chi connectivity index (χ1v) is 6.43. The van der Waals surface area contributed by atoms with Gasteiger partial charge in [0.1, 0.15) is 5.75 Å². The van der Waals surface area contributed by atoms with Crippen LogP contribution in [0.1, 0.15) is 58.2 Å². The molecule has 2 nitrogen and oxygen atoms in total. The fourth-order valence-corrected chi connectivity index (χ4v) is 1.88. The summed E-state index contributed by atoms with van der Waals surface area (Å²) in [6, 6.07) is 6.44. The summed E-state index contributed by atoms with van der Waals surface area (Å²) in [5.41, 5.74) is 8.60. The Morgan fingerprint density at radius 2 is 1.88 bits per heavy atom. The highest BCUT2D eigenvalue weighted by atomic mass is 16.5. The average molecular weight is 235 g/mol. The smallest absolute Gasteiger partial charge is 0.123 e. The predicted molar refractivity (Wildman–Crippen MR) is 73.5 cm³/mol. The van der Waals surface area contributed by atoms with Crippen molar-refractivity contribution in [2.45, 2.75) is 52.5 Å². The third-order valence-corrected chi connectivity index (χ3v) is 2.98. The van der Waals surface area contributed by atoms with Crippen LogP contribution < -0.4 is 10.5 Å². The van der Waals surface area contributed by atoms with Crippen LogP contribution in [0.2, 0.25) is 0 Å². The first-order valence-electron chi connectivity index (χ1n) is 6.43. The maximum Gasteiger partial charge on any atom is 0.123 e. The molecule has 1 rings (SSSR count). The van der Waals surface area contributed by atoms with Crippen molar-refractivity contribution in [3.63, 3.8) is 0 Å². The molecule has 2 heteroatoms. The van der Waals surface area contributed by atoms with E-state index < -0.39 is 0 Å². The largest absolute Gasteiger partial charge is 0.494 e. The Kier molecular flexibility index (Phi) is 4.58. The lowest BCUT2D eigenvalue weighted by Gasteiger charge is -2.24. The zero-order valence-corrected chi connectivity index (χ0v) is 11.7. The fourth-order valence-electron chi connectivity index (χ4n) is 1.88. The summed E-state index contributed by atoms with van der Waals surface area (Å²) in [4.78, 5) is 0. The van der Waals surface area contributed by atoms with E-state index in [9.17, 15) is 0 Å². The lowest BCUT2D eigenvalue weighted by Crippen LogP contribution is -2.16. The first-order chi connectivity index (χ1) is 7.90. The molecule has 0 saturated carbocycles. The van der Waals surface area contributed by atoms with Crippen molar-refractivity contribution in [2.24, 2.45) is 5.73 Å². The number of ether oxygens (including phenoxy) is 1. The second-order valence-corrected chi connectivity index (χ2v) is 5.45. The molecule has 1 aromatic carbocycles. The van der Waals surface area contributed by atoms with Crippen LogP contribution in [0.3, 0.4) is 0 Å². The van der Waals surface area contributed by atoms with Crippen molar-refractivity contribution in [1.82, 2.24) is 0 Å². The zero-order valence-electron chi connectivity index (χ0n) is 11.7. The van der Waals surface area contributed by atoms with E-state index >= 15 is 0 Å². The normalized spacial score (nSPS) is 13.5. The summed E-state index contributed by atoms with van der Waals surface area (Å²) in [6.07, 6.45) is 0.956. The molecular formula is C15H25NO. The monoisotopic (exact) mass is 235 g/mol. The van der Waals surface area contributed by atoms with Crippen LogP contribution in [0.25, 0.3) is 0 Å². The second-order valence-electron chi connectivity index (χ2n) is 5.45.